The Balaban J connectivity index is 1.37. The zero-order valence-corrected chi connectivity index (χ0v) is 28.2. The molecule has 0 bridgehead atoms. The number of benzene rings is 9. The fourth-order valence-corrected chi connectivity index (χ4v) is 7.54. The molecule has 0 aliphatic carbocycles. The van der Waals surface area contributed by atoms with Crippen LogP contribution in [0, 0.1) is 0 Å². The van der Waals surface area contributed by atoms with Crippen LogP contribution < -0.4 is 4.90 Å². The van der Waals surface area contributed by atoms with Gasteiger partial charge in [-0.25, -0.2) is 0 Å². The lowest BCUT2D eigenvalue weighted by Crippen LogP contribution is -2.12. The summed E-state index contributed by atoms with van der Waals surface area (Å²) < 4.78 is 0. The number of fused-ring (bicyclic) bond motifs is 2. The van der Waals surface area contributed by atoms with E-state index >= 15 is 0 Å². The van der Waals surface area contributed by atoms with Crippen LogP contribution in [0.15, 0.2) is 212 Å². The van der Waals surface area contributed by atoms with Gasteiger partial charge in [-0.05, 0) is 79.4 Å². The first-order valence-electron chi connectivity index (χ1n) is 17.5. The lowest BCUT2D eigenvalue weighted by molar-refractivity contribution is 1.30. The van der Waals surface area contributed by atoms with Crippen molar-refractivity contribution in [2.24, 2.45) is 0 Å². The van der Waals surface area contributed by atoms with Gasteiger partial charge in [-0.2, -0.15) is 0 Å². The Morgan fingerprint density at radius 2 is 0.745 bits per heavy atom. The molecule has 0 heterocycles. The summed E-state index contributed by atoms with van der Waals surface area (Å²) in [5, 5.41) is 4.89. The third-order valence-electron chi connectivity index (χ3n) is 9.86. The largest absolute Gasteiger partial charge is 0.309 e. The van der Waals surface area contributed by atoms with Crippen molar-refractivity contribution < 1.29 is 0 Å². The molecule has 0 aliphatic heterocycles. The monoisotopic (exact) mass is 649 g/mol. The summed E-state index contributed by atoms with van der Waals surface area (Å²) in [6.07, 6.45) is 0. The van der Waals surface area contributed by atoms with E-state index < -0.39 is 0 Å². The Kier molecular flexibility index (Phi) is 7.92. The molecular formula is C50H35N. The maximum atomic E-state index is 2.47. The first-order valence-corrected chi connectivity index (χ1v) is 17.5. The molecule has 9 aromatic rings. The molecule has 0 radical (unpaired) electrons. The maximum Gasteiger partial charge on any atom is 0.0546 e. The molecule has 0 fully saturated rings. The normalized spacial score (nSPS) is 11.1. The fraction of sp³-hybridized carbons (Fsp3) is 0. The van der Waals surface area contributed by atoms with E-state index in [0.717, 1.165) is 17.1 Å². The number of nitrogens with zero attached hydrogens (tertiary/aromatic N) is 1. The molecule has 240 valence electrons. The second-order valence-corrected chi connectivity index (χ2v) is 12.9. The molecular weight excluding hydrogens is 615 g/mol. The number of hydrogen-bond donors (Lipinski definition) is 0. The van der Waals surface area contributed by atoms with Crippen molar-refractivity contribution in [3.05, 3.63) is 212 Å². The summed E-state index contributed by atoms with van der Waals surface area (Å²) in [4.78, 5) is 2.47. The van der Waals surface area contributed by atoms with Crippen LogP contribution in [0.4, 0.5) is 17.1 Å². The highest BCUT2D eigenvalue weighted by Crippen LogP contribution is 2.49. The molecule has 0 unspecified atom stereocenters. The van der Waals surface area contributed by atoms with E-state index in [4.69, 9.17) is 0 Å². The summed E-state index contributed by atoms with van der Waals surface area (Å²) >= 11 is 0. The van der Waals surface area contributed by atoms with Crippen LogP contribution in [0.3, 0.4) is 0 Å². The Hall–Kier alpha value is -6.70. The highest BCUT2D eigenvalue weighted by atomic mass is 15.1. The average Bonchev–Trinajstić information content (AvgIpc) is 3.21. The van der Waals surface area contributed by atoms with Gasteiger partial charge in [-0.1, -0.05) is 188 Å². The molecule has 0 N–H and O–H groups in total. The molecule has 0 amide bonds. The summed E-state index contributed by atoms with van der Waals surface area (Å²) in [6.45, 7) is 0. The van der Waals surface area contributed by atoms with Crippen molar-refractivity contribution >= 4 is 38.6 Å². The first-order chi connectivity index (χ1) is 25.3. The summed E-state index contributed by atoms with van der Waals surface area (Å²) in [7, 11) is 0. The van der Waals surface area contributed by atoms with Crippen LogP contribution >= 0.6 is 0 Å². The van der Waals surface area contributed by atoms with E-state index in [1.54, 1.807) is 0 Å². The van der Waals surface area contributed by atoms with Crippen LogP contribution in [0.2, 0.25) is 0 Å². The lowest BCUT2D eigenvalue weighted by atomic mass is 9.87. The Labute approximate surface area is 299 Å². The third-order valence-corrected chi connectivity index (χ3v) is 9.86. The van der Waals surface area contributed by atoms with Crippen LogP contribution in [0.25, 0.3) is 66.1 Å². The van der Waals surface area contributed by atoms with Crippen LogP contribution in [-0.2, 0) is 0 Å². The van der Waals surface area contributed by atoms with Crippen molar-refractivity contribution in [3.8, 4) is 44.5 Å². The molecule has 0 saturated carbocycles. The van der Waals surface area contributed by atoms with E-state index in [0.29, 0.717) is 0 Å². The molecule has 1 nitrogen and oxygen atoms in total. The van der Waals surface area contributed by atoms with Crippen molar-refractivity contribution in [1.29, 1.82) is 0 Å². The molecule has 1 heteroatoms. The fourth-order valence-electron chi connectivity index (χ4n) is 7.54. The topological polar surface area (TPSA) is 3.24 Å². The zero-order valence-electron chi connectivity index (χ0n) is 28.2. The molecule has 0 saturated heterocycles. The molecule has 0 atom stereocenters. The quantitative estimate of drug-likeness (QED) is 0.166. The standard InChI is InChI=1S/C50H35N/c1-3-17-36(18-4-1)43-28-11-12-30-47(43)50-46(39-19-5-2-6-20-39)32-16-34-49(50)51(48-33-15-24-38-22-8-10-29-45(38)48)41-26-13-25-40(35-41)44-31-14-23-37-21-7-9-27-42(37)44/h1-35H. The van der Waals surface area contributed by atoms with Gasteiger partial charge in [0.1, 0.15) is 0 Å². The SMILES string of the molecule is c1ccc(-c2ccccc2-c2c(-c3ccccc3)cccc2N(c2cccc(-c3cccc4ccccc34)c2)c2cccc3ccccc23)cc1. The Morgan fingerprint density at radius 3 is 1.51 bits per heavy atom. The van der Waals surface area contributed by atoms with Gasteiger partial charge < -0.3 is 4.90 Å². The van der Waals surface area contributed by atoms with E-state index in [2.05, 4.69) is 217 Å². The number of rotatable bonds is 7. The van der Waals surface area contributed by atoms with Gasteiger partial charge in [-0.3, -0.25) is 0 Å². The average molecular weight is 650 g/mol. The van der Waals surface area contributed by atoms with E-state index in [9.17, 15) is 0 Å². The predicted molar refractivity (Wildman–Crippen MR) is 218 cm³/mol. The van der Waals surface area contributed by atoms with Crippen LogP contribution in [-0.4, -0.2) is 0 Å². The lowest BCUT2D eigenvalue weighted by Gasteiger charge is -2.31. The molecule has 9 aromatic carbocycles. The van der Waals surface area contributed by atoms with Crippen molar-refractivity contribution in [3.63, 3.8) is 0 Å². The van der Waals surface area contributed by atoms with Gasteiger partial charge in [-0.15, -0.1) is 0 Å². The maximum absolute atomic E-state index is 2.47. The molecule has 0 aliphatic rings. The molecule has 9 rings (SSSR count). The summed E-state index contributed by atoms with van der Waals surface area (Å²) in [5.41, 5.74) is 12.9. The van der Waals surface area contributed by atoms with Gasteiger partial charge >= 0.3 is 0 Å². The highest BCUT2D eigenvalue weighted by molar-refractivity contribution is 6.06. The van der Waals surface area contributed by atoms with E-state index in [-0.39, 0.29) is 0 Å². The first kappa shape index (κ1) is 30.4. The van der Waals surface area contributed by atoms with Crippen LogP contribution in [0.5, 0.6) is 0 Å². The van der Waals surface area contributed by atoms with Crippen molar-refractivity contribution in [2.75, 3.05) is 4.90 Å². The second-order valence-electron chi connectivity index (χ2n) is 12.9. The minimum Gasteiger partial charge on any atom is -0.309 e. The zero-order chi connectivity index (χ0) is 34.0. The minimum atomic E-state index is 1.10. The molecule has 51 heavy (non-hydrogen) atoms. The van der Waals surface area contributed by atoms with Crippen molar-refractivity contribution in [2.45, 2.75) is 0 Å². The van der Waals surface area contributed by atoms with Gasteiger partial charge in [0.05, 0.1) is 11.4 Å². The number of anilines is 3. The summed E-state index contributed by atoms with van der Waals surface area (Å²) in [5.74, 6) is 0. The second kappa shape index (κ2) is 13.3. The Bertz CT molecular complexity index is 2630. The molecule has 0 spiro atoms. The smallest absolute Gasteiger partial charge is 0.0546 e. The van der Waals surface area contributed by atoms with Gasteiger partial charge in [0, 0.05) is 16.6 Å². The van der Waals surface area contributed by atoms with E-state index in [1.165, 1.54) is 66.1 Å². The third kappa shape index (κ3) is 5.65. The predicted octanol–water partition coefficient (Wildman–Crippen LogP) is 14.1. The van der Waals surface area contributed by atoms with Crippen molar-refractivity contribution in [1.82, 2.24) is 0 Å². The van der Waals surface area contributed by atoms with Gasteiger partial charge in [0.15, 0.2) is 0 Å². The van der Waals surface area contributed by atoms with Gasteiger partial charge in [0.2, 0.25) is 0 Å². The molecule has 0 aromatic heterocycles. The minimum absolute atomic E-state index is 1.10. The Morgan fingerprint density at radius 1 is 0.275 bits per heavy atom. The highest BCUT2D eigenvalue weighted by Gasteiger charge is 2.24. The summed E-state index contributed by atoms with van der Waals surface area (Å²) in [6, 6.07) is 76.8. The number of hydrogen-bond acceptors (Lipinski definition) is 1. The van der Waals surface area contributed by atoms with E-state index in [1.807, 2.05) is 0 Å². The van der Waals surface area contributed by atoms with Gasteiger partial charge in [0.25, 0.3) is 0 Å². The van der Waals surface area contributed by atoms with Crippen LogP contribution in [0.1, 0.15) is 0 Å².